The van der Waals surface area contributed by atoms with Crippen molar-refractivity contribution in [1.29, 1.82) is 0 Å². The zero-order chi connectivity index (χ0) is 15.2. The Morgan fingerprint density at radius 1 is 1.09 bits per heavy atom. The SMILES string of the molecule is Cc1cc(N2CCCC2)nc(NCCCc2ccccc2)n1. The Bertz CT molecular complexity index is 591. The van der Waals surface area contributed by atoms with Gasteiger partial charge in [-0.2, -0.15) is 4.98 Å². The van der Waals surface area contributed by atoms with Crippen LogP contribution in [0.3, 0.4) is 0 Å². The van der Waals surface area contributed by atoms with E-state index in [2.05, 4.69) is 56.6 Å². The van der Waals surface area contributed by atoms with Gasteiger partial charge in [-0.15, -0.1) is 0 Å². The van der Waals surface area contributed by atoms with Crippen LogP contribution in [0.15, 0.2) is 36.4 Å². The van der Waals surface area contributed by atoms with Crippen LogP contribution >= 0.6 is 0 Å². The molecule has 1 aromatic heterocycles. The van der Waals surface area contributed by atoms with E-state index in [0.29, 0.717) is 0 Å². The molecule has 1 saturated heterocycles. The van der Waals surface area contributed by atoms with Crippen LogP contribution < -0.4 is 10.2 Å². The molecule has 0 aliphatic carbocycles. The lowest BCUT2D eigenvalue weighted by atomic mass is 10.1. The first-order chi connectivity index (χ1) is 10.8. The van der Waals surface area contributed by atoms with Crippen LogP contribution in [-0.4, -0.2) is 29.6 Å². The van der Waals surface area contributed by atoms with E-state index in [-0.39, 0.29) is 0 Å². The highest BCUT2D eigenvalue weighted by atomic mass is 15.2. The summed E-state index contributed by atoms with van der Waals surface area (Å²) >= 11 is 0. The molecule has 0 radical (unpaired) electrons. The van der Waals surface area contributed by atoms with Crippen molar-refractivity contribution < 1.29 is 0 Å². The first kappa shape index (κ1) is 14.8. The van der Waals surface area contributed by atoms with Crippen molar-refractivity contribution in [3.63, 3.8) is 0 Å². The van der Waals surface area contributed by atoms with Gasteiger partial charge in [-0.05, 0) is 38.2 Å². The van der Waals surface area contributed by atoms with Crippen LogP contribution in [0.5, 0.6) is 0 Å². The largest absolute Gasteiger partial charge is 0.356 e. The Kier molecular flexibility index (Phi) is 4.88. The predicted molar refractivity (Wildman–Crippen MR) is 91.5 cm³/mol. The Balaban J connectivity index is 1.53. The monoisotopic (exact) mass is 296 g/mol. The molecule has 0 spiro atoms. The van der Waals surface area contributed by atoms with Crippen molar-refractivity contribution in [2.24, 2.45) is 0 Å². The summed E-state index contributed by atoms with van der Waals surface area (Å²) in [4.78, 5) is 11.5. The zero-order valence-corrected chi connectivity index (χ0v) is 13.3. The van der Waals surface area contributed by atoms with Gasteiger partial charge < -0.3 is 10.2 Å². The van der Waals surface area contributed by atoms with Gasteiger partial charge >= 0.3 is 0 Å². The van der Waals surface area contributed by atoms with Crippen molar-refractivity contribution in [2.45, 2.75) is 32.6 Å². The molecule has 0 bridgehead atoms. The highest BCUT2D eigenvalue weighted by Gasteiger charge is 2.14. The molecular formula is C18H24N4. The van der Waals surface area contributed by atoms with E-state index in [1.807, 2.05) is 6.92 Å². The van der Waals surface area contributed by atoms with Crippen LogP contribution in [0, 0.1) is 6.92 Å². The minimum Gasteiger partial charge on any atom is -0.356 e. The third-order valence-corrected chi connectivity index (χ3v) is 4.04. The second-order valence-corrected chi connectivity index (χ2v) is 5.90. The third kappa shape index (κ3) is 3.97. The molecule has 1 aromatic carbocycles. The van der Waals surface area contributed by atoms with Crippen LogP contribution in [0.2, 0.25) is 0 Å². The number of nitrogens with one attached hydrogen (secondary N) is 1. The summed E-state index contributed by atoms with van der Waals surface area (Å²) in [6.07, 6.45) is 4.70. The Labute approximate surface area is 132 Å². The molecule has 4 nitrogen and oxygen atoms in total. The van der Waals surface area contributed by atoms with E-state index in [4.69, 9.17) is 0 Å². The Morgan fingerprint density at radius 2 is 1.86 bits per heavy atom. The summed E-state index contributed by atoms with van der Waals surface area (Å²) in [6, 6.07) is 12.7. The van der Waals surface area contributed by atoms with Gasteiger partial charge in [-0.1, -0.05) is 30.3 Å². The zero-order valence-electron chi connectivity index (χ0n) is 13.3. The van der Waals surface area contributed by atoms with Gasteiger partial charge in [-0.25, -0.2) is 4.98 Å². The van der Waals surface area contributed by atoms with Crippen molar-refractivity contribution in [3.05, 3.63) is 47.7 Å². The summed E-state index contributed by atoms with van der Waals surface area (Å²) in [6.45, 7) is 5.17. The van der Waals surface area contributed by atoms with Crippen LogP contribution in [0.4, 0.5) is 11.8 Å². The van der Waals surface area contributed by atoms with Gasteiger partial charge in [0.05, 0.1) is 0 Å². The number of rotatable bonds is 6. The van der Waals surface area contributed by atoms with E-state index in [1.165, 1.54) is 18.4 Å². The average molecular weight is 296 g/mol. The predicted octanol–water partition coefficient (Wildman–Crippen LogP) is 3.43. The molecule has 0 amide bonds. The molecule has 0 atom stereocenters. The molecule has 3 rings (SSSR count). The highest BCUT2D eigenvalue weighted by Crippen LogP contribution is 2.19. The van der Waals surface area contributed by atoms with Crippen LogP contribution in [0.1, 0.15) is 30.5 Å². The highest BCUT2D eigenvalue weighted by molar-refractivity contribution is 5.45. The fourth-order valence-corrected chi connectivity index (χ4v) is 2.88. The number of hydrogen-bond donors (Lipinski definition) is 1. The molecule has 2 aromatic rings. The molecule has 1 N–H and O–H groups in total. The number of hydrogen-bond acceptors (Lipinski definition) is 4. The van der Waals surface area contributed by atoms with E-state index < -0.39 is 0 Å². The molecular weight excluding hydrogens is 272 g/mol. The van der Waals surface area contributed by atoms with Crippen LogP contribution in [0.25, 0.3) is 0 Å². The average Bonchev–Trinajstić information content (AvgIpc) is 3.07. The molecule has 0 unspecified atom stereocenters. The number of nitrogens with zero attached hydrogens (tertiary/aromatic N) is 3. The molecule has 1 aliphatic rings. The lowest BCUT2D eigenvalue weighted by Gasteiger charge is -2.17. The fraction of sp³-hybridized carbons (Fsp3) is 0.444. The Morgan fingerprint density at radius 3 is 2.64 bits per heavy atom. The molecule has 1 fully saturated rings. The van der Waals surface area contributed by atoms with E-state index in [9.17, 15) is 0 Å². The molecule has 22 heavy (non-hydrogen) atoms. The van der Waals surface area contributed by atoms with E-state index >= 15 is 0 Å². The number of anilines is 2. The summed E-state index contributed by atoms with van der Waals surface area (Å²) in [5, 5.41) is 3.37. The van der Waals surface area contributed by atoms with Gasteiger partial charge in [-0.3, -0.25) is 0 Å². The third-order valence-electron chi connectivity index (χ3n) is 4.04. The van der Waals surface area contributed by atoms with E-state index in [1.54, 1.807) is 0 Å². The standard InChI is InChI=1S/C18H24N4/c1-15-14-17(22-12-5-6-13-22)21-18(20-15)19-11-7-10-16-8-3-2-4-9-16/h2-4,8-9,14H,5-7,10-13H2,1H3,(H,19,20,21). The van der Waals surface area contributed by atoms with Crippen LogP contribution in [-0.2, 0) is 6.42 Å². The maximum atomic E-state index is 4.66. The molecule has 1 aliphatic heterocycles. The van der Waals surface area contributed by atoms with Crippen molar-refractivity contribution >= 4 is 11.8 Å². The quantitative estimate of drug-likeness (QED) is 0.829. The number of aryl methyl sites for hydroxylation is 2. The van der Waals surface area contributed by atoms with Gasteiger partial charge in [0.1, 0.15) is 5.82 Å². The molecule has 4 heteroatoms. The molecule has 2 heterocycles. The van der Waals surface area contributed by atoms with E-state index in [0.717, 1.165) is 49.9 Å². The maximum absolute atomic E-state index is 4.66. The van der Waals surface area contributed by atoms with Crippen molar-refractivity contribution in [2.75, 3.05) is 29.9 Å². The summed E-state index contributed by atoms with van der Waals surface area (Å²) in [5.41, 5.74) is 2.41. The van der Waals surface area contributed by atoms with Crippen molar-refractivity contribution in [3.8, 4) is 0 Å². The first-order valence-corrected chi connectivity index (χ1v) is 8.20. The topological polar surface area (TPSA) is 41.1 Å². The summed E-state index contributed by atoms with van der Waals surface area (Å²) in [7, 11) is 0. The lowest BCUT2D eigenvalue weighted by molar-refractivity contribution is 0.846. The van der Waals surface area contributed by atoms with Crippen molar-refractivity contribution in [1.82, 2.24) is 9.97 Å². The fourth-order valence-electron chi connectivity index (χ4n) is 2.88. The first-order valence-electron chi connectivity index (χ1n) is 8.20. The van der Waals surface area contributed by atoms with Gasteiger partial charge in [0.2, 0.25) is 5.95 Å². The van der Waals surface area contributed by atoms with Gasteiger partial charge in [0.15, 0.2) is 0 Å². The van der Waals surface area contributed by atoms with Gasteiger partial charge in [0, 0.05) is 31.4 Å². The number of aromatic nitrogens is 2. The smallest absolute Gasteiger partial charge is 0.224 e. The minimum atomic E-state index is 0.759. The summed E-state index contributed by atoms with van der Waals surface area (Å²) in [5.74, 6) is 1.82. The maximum Gasteiger partial charge on any atom is 0.224 e. The number of benzene rings is 1. The van der Waals surface area contributed by atoms with Gasteiger partial charge in [0.25, 0.3) is 0 Å². The summed E-state index contributed by atoms with van der Waals surface area (Å²) < 4.78 is 0. The minimum absolute atomic E-state index is 0.759. The second-order valence-electron chi connectivity index (χ2n) is 5.90. The molecule has 116 valence electrons. The second kappa shape index (κ2) is 7.25. The normalized spacial score (nSPS) is 14.3. The lowest BCUT2D eigenvalue weighted by Crippen LogP contribution is -2.20. The molecule has 0 saturated carbocycles. The Hall–Kier alpha value is -2.10.